The summed E-state index contributed by atoms with van der Waals surface area (Å²) in [4.78, 5) is 7.49. The van der Waals surface area contributed by atoms with Gasteiger partial charge in [0, 0.05) is 27.1 Å². The third-order valence-corrected chi connectivity index (χ3v) is 11.5. The first-order chi connectivity index (χ1) is 30.2. The predicted molar refractivity (Wildman–Crippen MR) is 238 cm³/mol. The molecule has 10 rings (SSSR count). The van der Waals surface area contributed by atoms with Crippen molar-refractivity contribution in [2.24, 2.45) is 0 Å². The van der Waals surface area contributed by atoms with Crippen molar-refractivity contribution in [3.8, 4) is 56.9 Å². The van der Waals surface area contributed by atoms with Gasteiger partial charge in [-0.25, -0.2) is 9.69 Å². The molecule has 0 atom stereocenters. The molecule has 290 valence electrons. The Kier molecular flexibility index (Phi) is 8.70. The molecule has 0 amide bonds. The third-order valence-electron chi connectivity index (χ3n) is 11.5. The Morgan fingerprint density at radius 2 is 0.952 bits per heavy atom. The molecule has 10 aromatic rings. The van der Waals surface area contributed by atoms with E-state index in [1.807, 2.05) is 124 Å². The molecule has 0 fully saturated rings. The fourth-order valence-electron chi connectivity index (χ4n) is 8.76. The maximum atomic E-state index is 15.3. The molecule has 0 spiro atoms. The summed E-state index contributed by atoms with van der Waals surface area (Å²) < 4.78 is 49.8. The van der Waals surface area contributed by atoms with E-state index in [2.05, 4.69) is 15.8 Å². The van der Waals surface area contributed by atoms with Crippen molar-refractivity contribution in [1.82, 2.24) is 9.13 Å². The zero-order valence-corrected chi connectivity index (χ0v) is 32.4. The van der Waals surface area contributed by atoms with E-state index in [0.29, 0.717) is 44.9 Å². The number of para-hydroxylation sites is 4. The topological polar surface area (TPSA) is 66.2 Å². The number of nitrogens with zero attached hydrogens (tertiary/aromatic N) is 6. The van der Waals surface area contributed by atoms with Crippen LogP contribution in [0.5, 0.6) is 0 Å². The van der Waals surface area contributed by atoms with Gasteiger partial charge in [0.25, 0.3) is 0 Å². The third kappa shape index (κ3) is 5.85. The average Bonchev–Trinajstić information content (AvgIpc) is 3.82. The lowest BCUT2D eigenvalue weighted by molar-refractivity contribution is -0.137. The van der Waals surface area contributed by atoms with Crippen molar-refractivity contribution in [2.75, 3.05) is 0 Å². The van der Waals surface area contributed by atoms with Crippen LogP contribution >= 0.6 is 0 Å². The number of aromatic nitrogens is 2. The van der Waals surface area contributed by atoms with Crippen LogP contribution in [0.3, 0.4) is 0 Å². The summed E-state index contributed by atoms with van der Waals surface area (Å²) in [5.74, 6) is 0. The first-order valence-electron chi connectivity index (χ1n) is 19.4. The summed E-state index contributed by atoms with van der Waals surface area (Å²) in [6, 6.07) is 52.6. The lowest BCUT2D eigenvalue weighted by Crippen LogP contribution is -2.10. The van der Waals surface area contributed by atoms with Crippen molar-refractivity contribution in [3.63, 3.8) is 0 Å². The first-order valence-corrected chi connectivity index (χ1v) is 19.4. The van der Waals surface area contributed by atoms with Crippen LogP contribution in [0.2, 0.25) is 0 Å². The molecule has 9 heteroatoms. The standard InChI is InChI=1S/C53H27F3N6/c1-59-45-15-7-3-11-36(45)33-20-23-41-39-13-5-9-17-47(39)61(50(41)26-33)49-29-43(38-22-19-32(30-57)25-44(38)53(54,55)56)52(28-35(49)31-58)62-48-18-10-6-14-40(48)42-24-21-34(27-51(42)62)37-12-4-8-16-46(37)60-2/h3-29H. The van der Waals surface area contributed by atoms with Gasteiger partial charge in [0.2, 0.25) is 0 Å². The fourth-order valence-corrected chi connectivity index (χ4v) is 8.76. The number of halogens is 3. The molecule has 0 bridgehead atoms. The molecule has 0 N–H and O–H groups in total. The van der Waals surface area contributed by atoms with Crippen LogP contribution in [-0.2, 0) is 6.18 Å². The predicted octanol–water partition coefficient (Wildman–Crippen LogP) is 14.7. The molecule has 0 radical (unpaired) electrons. The van der Waals surface area contributed by atoms with E-state index in [4.69, 9.17) is 13.1 Å². The lowest BCUT2D eigenvalue weighted by Gasteiger charge is -2.21. The first kappa shape index (κ1) is 37.4. The van der Waals surface area contributed by atoms with E-state index < -0.39 is 11.7 Å². The average molecular weight is 805 g/mol. The number of rotatable bonds is 5. The summed E-state index contributed by atoms with van der Waals surface area (Å²) in [6.07, 6.45) is -4.86. The van der Waals surface area contributed by atoms with Crippen LogP contribution in [0.15, 0.2) is 164 Å². The van der Waals surface area contributed by atoms with Crippen LogP contribution < -0.4 is 0 Å². The highest BCUT2D eigenvalue weighted by molar-refractivity contribution is 6.12. The van der Waals surface area contributed by atoms with Crippen molar-refractivity contribution in [2.45, 2.75) is 6.18 Å². The Labute approximate surface area is 353 Å². The van der Waals surface area contributed by atoms with Gasteiger partial charge in [-0.3, -0.25) is 0 Å². The van der Waals surface area contributed by atoms with Gasteiger partial charge < -0.3 is 9.13 Å². The minimum absolute atomic E-state index is 0.147. The number of benzene rings is 8. The van der Waals surface area contributed by atoms with E-state index >= 15 is 13.2 Å². The SMILES string of the molecule is [C-]#[N+]c1ccccc1-c1ccc2c3ccccc3n(-c3cc(-c4ccc(C#N)cc4C(F)(F)F)c(-n4c5ccccc5c5ccc(-c6ccccc6[N+]#[C-])cc54)cc3C#N)c2c1. The Bertz CT molecular complexity index is 3690. The fraction of sp³-hybridized carbons (Fsp3) is 0.0189. The molecular weight excluding hydrogens is 778 g/mol. The molecule has 0 saturated heterocycles. The zero-order valence-electron chi connectivity index (χ0n) is 32.4. The van der Waals surface area contributed by atoms with Gasteiger partial charge in [-0.2, -0.15) is 23.7 Å². The molecule has 0 aliphatic heterocycles. The summed E-state index contributed by atoms with van der Waals surface area (Å²) in [7, 11) is 0. The van der Waals surface area contributed by atoms with Crippen LogP contribution in [0, 0.1) is 35.8 Å². The monoisotopic (exact) mass is 804 g/mol. The van der Waals surface area contributed by atoms with Gasteiger partial charge in [-0.05, 0) is 76.3 Å². The quantitative estimate of drug-likeness (QED) is 0.163. The molecule has 8 aromatic carbocycles. The Hall–Kier alpha value is -8.89. The Morgan fingerprint density at radius 1 is 0.452 bits per heavy atom. The second-order valence-corrected chi connectivity index (χ2v) is 14.8. The number of fused-ring (bicyclic) bond motifs is 6. The van der Waals surface area contributed by atoms with E-state index in [1.54, 1.807) is 36.4 Å². The van der Waals surface area contributed by atoms with E-state index in [0.717, 1.165) is 49.8 Å². The van der Waals surface area contributed by atoms with Gasteiger partial charge in [-0.1, -0.05) is 115 Å². The zero-order chi connectivity index (χ0) is 42.7. The lowest BCUT2D eigenvalue weighted by atomic mass is 9.93. The summed E-state index contributed by atoms with van der Waals surface area (Å²) >= 11 is 0. The van der Waals surface area contributed by atoms with E-state index in [1.165, 1.54) is 12.1 Å². The number of hydrogen-bond acceptors (Lipinski definition) is 2. The molecule has 0 aliphatic rings. The molecule has 6 nitrogen and oxygen atoms in total. The minimum atomic E-state index is -4.86. The molecule has 62 heavy (non-hydrogen) atoms. The highest BCUT2D eigenvalue weighted by Crippen LogP contribution is 2.46. The van der Waals surface area contributed by atoms with Crippen molar-refractivity contribution in [3.05, 3.63) is 203 Å². The highest BCUT2D eigenvalue weighted by atomic mass is 19.4. The smallest absolute Gasteiger partial charge is 0.309 e. The van der Waals surface area contributed by atoms with Crippen LogP contribution in [0.4, 0.5) is 24.5 Å². The Morgan fingerprint density at radius 3 is 1.47 bits per heavy atom. The molecular formula is C53H27F3N6. The molecule has 2 aromatic heterocycles. The van der Waals surface area contributed by atoms with Gasteiger partial charge in [0.15, 0.2) is 11.4 Å². The molecule has 2 heterocycles. The van der Waals surface area contributed by atoms with Crippen molar-refractivity contribution in [1.29, 1.82) is 10.5 Å². The second kappa shape index (κ2) is 14.4. The second-order valence-electron chi connectivity index (χ2n) is 14.8. The number of alkyl halides is 3. The Balaban J connectivity index is 1.35. The minimum Gasteiger partial charge on any atom is -0.309 e. The van der Waals surface area contributed by atoms with Gasteiger partial charge in [0.1, 0.15) is 6.07 Å². The van der Waals surface area contributed by atoms with E-state index in [9.17, 15) is 10.5 Å². The summed E-state index contributed by atoms with van der Waals surface area (Å²) in [6.45, 7) is 15.7. The van der Waals surface area contributed by atoms with Crippen LogP contribution in [-0.4, -0.2) is 9.13 Å². The molecule has 0 saturated carbocycles. The van der Waals surface area contributed by atoms with Crippen LogP contribution in [0.1, 0.15) is 16.7 Å². The summed E-state index contributed by atoms with van der Waals surface area (Å²) in [5.41, 5.74) is 6.30. The molecule has 0 unspecified atom stereocenters. The summed E-state index contributed by atoms with van der Waals surface area (Å²) in [5, 5.41) is 24.3. The number of hydrogen-bond donors (Lipinski definition) is 0. The largest absolute Gasteiger partial charge is 0.417 e. The molecule has 0 aliphatic carbocycles. The van der Waals surface area contributed by atoms with Crippen molar-refractivity contribution >= 4 is 55.0 Å². The number of nitriles is 2. The maximum absolute atomic E-state index is 15.3. The van der Waals surface area contributed by atoms with Gasteiger partial charge in [0.05, 0.1) is 69.3 Å². The van der Waals surface area contributed by atoms with E-state index in [-0.39, 0.29) is 22.3 Å². The van der Waals surface area contributed by atoms with Crippen LogP contribution in [0.25, 0.3) is 98.1 Å². The highest BCUT2D eigenvalue weighted by Gasteiger charge is 2.35. The normalized spacial score (nSPS) is 11.4. The van der Waals surface area contributed by atoms with Gasteiger partial charge in [-0.15, -0.1) is 0 Å². The van der Waals surface area contributed by atoms with Gasteiger partial charge >= 0.3 is 6.18 Å². The van der Waals surface area contributed by atoms with Crippen molar-refractivity contribution < 1.29 is 13.2 Å². The maximum Gasteiger partial charge on any atom is 0.417 e.